The summed E-state index contributed by atoms with van der Waals surface area (Å²) in [6, 6.07) is 3.24. The van der Waals surface area contributed by atoms with E-state index in [4.69, 9.17) is 0 Å². The molecule has 0 radical (unpaired) electrons. The van der Waals surface area contributed by atoms with Crippen LogP contribution in [0.2, 0.25) is 0 Å². The number of nitrogens with zero attached hydrogens (tertiary/aromatic N) is 4. The second-order valence-electron chi connectivity index (χ2n) is 6.94. The molecule has 2 atom stereocenters. The Bertz CT molecular complexity index is 705. The summed E-state index contributed by atoms with van der Waals surface area (Å²) in [6.07, 6.45) is 2.86. The lowest BCUT2D eigenvalue weighted by molar-refractivity contribution is 0.0740. The first-order chi connectivity index (χ1) is 11.4. The number of sulfone groups is 1. The highest BCUT2D eigenvalue weighted by Gasteiger charge is 2.33. The molecule has 1 amide bonds. The Hall–Kier alpha value is -1.70. The smallest absolute Gasteiger partial charge is 0.274 e. The zero-order valence-electron chi connectivity index (χ0n) is 14.2. The number of carbonyl (C=O) groups excluding carboxylic acids is 1. The normalized spacial score (nSPS) is 26.3. The SMILES string of the molecule is CC1CCCN(c2ccc(C(=O)N(C)C3CCS(=O)(=O)C3)nn2)C1. The number of carbonyl (C=O) groups is 1. The van der Waals surface area contributed by atoms with Crippen LogP contribution in [0.25, 0.3) is 0 Å². The third-order valence-electron chi connectivity index (χ3n) is 4.93. The zero-order chi connectivity index (χ0) is 17.3. The summed E-state index contributed by atoms with van der Waals surface area (Å²) in [5.41, 5.74) is 0.260. The van der Waals surface area contributed by atoms with Crippen molar-refractivity contribution in [2.45, 2.75) is 32.2 Å². The molecule has 8 heteroatoms. The zero-order valence-corrected chi connectivity index (χ0v) is 15.0. The van der Waals surface area contributed by atoms with Crippen LogP contribution in [-0.4, -0.2) is 67.1 Å². The lowest BCUT2D eigenvalue weighted by Crippen LogP contribution is -2.38. The lowest BCUT2D eigenvalue weighted by Gasteiger charge is -2.31. The first-order valence-electron chi connectivity index (χ1n) is 8.42. The van der Waals surface area contributed by atoms with Crippen LogP contribution in [0, 0.1) is 5.92 Å². The quantitative estimate of drug-likeness (QED) is 0.806. The van der Waals surface area contributed by atoms with Crippen LogP contribution in [-0.2, 0) is 9.84 Å². The van der Waals surface area contributed by atoms with Crippen molar-refractivity contribution in [3.63, 3.8) is 0 Å². The van der Waals surface area contributed by atoms with Gasteiger partial charge in [0.1, 0.15) is 0 Å². The summed E-state index contributed by atoms with van der Waals surface area (Å²) in [5, 5.41) is 8.28. The third-order valence-corrected chi connectivity index (χ3v) is 6.68. The van der Waals surface area contributed by atoms with Gasteiger partial charge < -0.3 is 9.80 Å². The Balaban J connectivity index is 1.67. The Kier molecular flexibility index (Phi) is 4.76. The molecule has 1 aromatic heterocycles. The molecule has 2 aliphatic rings. The van der Waals surface area contributed by atoms with Crippen molar-refractivity contribution in [2.75, 3.05) is 36.5 Å². The van der Waals surface area contributed by atoms with Crippen molar-refractivity contribution in [3.8, 4) is 0 Å². The average molecular weight is 352 g/mol. The molecule has 0 N–H and O–H groups in total. The molecule has 0 bridgehead atoms. The highest BCUT2D eigenvalue weighted by molar-refractivity contribution is 7.91. The molecule has 3 heterocycles. The van der Waals surface area contributed by atoms with E-state index in [-0.39, 0.29) is 29.1 Å². The molecule has 132 valence electrons. The summed E-state index contributed by atoms with van der Waals surface area (Å²) in [6.45, 7) is 4.15. The number of rotatable bonds is 3. The van der Waals surface area contributed by atoms with Crippen LogP contribution >= 0.6 is 0 Å². The molecule has 0 spiro atoms. The van der Waals surface area contributed by atoms with Crippen molar-refractivity contribution in [3.05, 3.63) is 17.8 Å². The van der Waals surface area contributed by atoms with Gasteiger partial charge in [0.15, 0.2) is 21.3 Å². The minimum Gasteiger partial charge on any atom is -0.355 e. The first-order valence-corrected chi connectivity index (χ1v) is 10.2. The monoisotopic (exact) mass is 352 g/mol. The fraction of sp³-hybridized carbons (Fsp3) is 0.688. The van der Waals surface area contributed by atoms with E-state index in [1.807, 2.05) is 6.07 Å². The predicted molar refractivity (Wildman–Crippen MR) is 91.8 cm³/mol. The standard InChI is InChI=1S/C16H24N4O3S/c1-12-4-3-8-20(10-12)15-6-5-14(17-18-15)16(21)19(2)13-7-9-24(22,23)11-13/h5-6,12-13H,3-4,7-11H2,1-2H3. The number of amides is 1. The van der Waals surface area contributed by atoms with E-state index >= 15 is 0 Å². The maximum absolute atomic E-state index is 12.5. The van der Waals surface area contributed by atoms with E-state index in [9.17, 15) is 13.2 Å². The molecule has 0 saturated carbocycles. The van der Waals surface area contributed by atoms with Crippen LogP contribution in [0.4, 0.5) is 5.82 Å². The van der Waals surface area contributed by atoms with Crippen molar-refractivity contribution >= 4 is 21.6 Å². The van der Waals surface area contributed by atoms with Gasteiger partial charge in [0.2, 0.25) is 0 Å². The van der Waals surface area contributed by atoms with Gasteiger partial charge in [0, 0.05) is 26.2 Å². The summed E-state index contributed by atoms with van der Waals surface area (Å²) >= 11 is 0. The van der Waals surface area contributed by atoms with Crippen molar-refractivity contribution < 1.29 is 13.2 Å². The minimum atomic E-state index is -3.02. The van der Waals surface area contributed by atoms with Gasteiger partial charge in [-0.1, -0.05) is 6.92 Å². The van der Waals surface area contributed by atoms with E-state index in [0.717, 1.165) is 25.3 Å². The van der Waals surface area contributed by atoms with Crippen molar-refractivity contribution in [2.24, 2.45) is 5.92 Å². The molecule has 24 heavy (non-hydrogen) atoms. The molecule has 2 aliphatic heterocycles. The molecule has 3 rings (SSSR count). The molecule has 2 saturated heterocycles. The van der Waals surface area contributed by atoms with Crippen LogP contribution in [0.15, 0.2) is 12.1 Å². The van der Waals surface area contributed by atoms with E-state index in [2.05, 4.69) is 22.0 Å². The third kappa shape index (κ3) is 3.68. The van der Waals surface area contributed by atoms with E-state index in [1.165, 1.54) is 11.3 Å². The largest absolute Gasteiger partial charge is 0.355 e. The molecule has 7 nitrogen and oxygen atoms in total. The lowest BCUT2D eigenvalue weighted by atomic mass is 10.0. The van der Waals surface area contributed by atoms with Gasteiger partial charge >= 0.3 is 0 Å². The Morgan fingerprint density at radius 3 is 2.67 bits per heavy atom. The van der Waals surface area contributed by atoms with E-state index in [1.54, 1.807) is 13.1 Å². The molecular weight excluding hydrogens is 328 g/mol. The van der Waals surface area contributed by atoms with Crippen molar-refractivity contribution in [1.82, 2.24) is 15.1 Å². The van der Waals surface area contributed by atoms with Crippen LogP contribution in [0.1, 0.15) is 36.7 Å². The number of piperidine rings is 1. The minimum absolute atomic E-state index is 0.0341. The first kappa shape index (κ1) is 17.1. The Morgan fingerprint density at radius 1 is 1.29 bits per heavy atom. The van der Waals surface area contributed by atoms with Gasteiger partial charge in [0.25, 0.3) is 5.91 Å². The van der Waals surface area contributed by atoms with E-state index < -0.39 is 9.84 Å². The summed E-state index contributed by atoms with van der Waals surface area (Å²) in [7, 11) is -1.38. The van der Waals surface area contributed by atoms with Crippen LogP contribution < -0.4 is 4.90 Å². The molecule has 1 aromatic rings. The summed E-state index contributed by atoms with van der Waals surface area (Å²) < 4.78 is 23.2. The van der Waals surface area contributed by atoms with Gasteiger partial charge in [-0.25, -0.2) is 8.42 Å². The predicted octanol–water partition coefficient (Wildman–Crippen LogP) is 0.972. The summed E-state index contributed by atoms with van der Waals surface area (Å²) in [5.74, 6) is 1.34. The van der Waals surface area contributed by atoms with Crippen LogP contribution in [0.5, 0.6) is 0 Å². The fourth-order valence-corrected chi connectivity index (χ4v) is 5.21. The Labute approximate surface area is 143 Å². The maximum Gasteiger partial charge on any atom is 0.274 e. The Morgan fingerprint density at radius 2 is 2.08 bits per heavy atom. The van der Waals surface area contributed by atoms with Gasteiger partial charge in [-0.15, -0.1) is 10.2 Å². The van der Waals surface area contributed by atoms with Gasteiger partial charge in [-0.3, -0.25) is 4.79 Å². The maximum atomic E-state index is 12.5. The second-order valence-corrected chi connectivity index (χ2v) is 9.17. The molecule has 2 fully saturated rings. The highest BCUT2D eigenvalue weighted by atomic mass is 32.2. The summed E-state index contributed by atoms with van der Waals surface area (Å²) in [4.78, 5) is 16.2. The van der Waals surface area contributed by atoms with Gasteiger partial charge in [0.05, 0.1) is 11.5 Å². The second kappa shape index (κ2) is 6.66. The number of anilines is 1. The number of hydrogen-bond acceptors (Lipinski definition) is 6. The van der Waals surface area contributed by atoms with E-state index in [0.29, 0.717) is 12.3 Å². The number of hydrogen-bond donors (Lipinski definition) is 0. The van der Waals surface area contributed by atoms with Gasteiger partial charge in [-0.2, -0.15) is 0 Å². The highest BCUT2D eigenvalue weighted by Crippen LogP contribution is 2.21. The van der Waals surface area contributed by atoms with Crippen molar-refractivity contribution in [1.29, 1.82) is 0 Å². The molecule has 0 aliphatic carbocycles. The average Bonchev–Trinajstić information content (AvgIpc) is 2.93. The topological polar surface area (TPSA) is 83.5 Å². The molecule has 2 unspecified atom stereocenters. The van der Waals surface area contributed by atoms with Gasteiger partial charge in [-0.05, 0) is 37.3 Å². The molecular formula is C16H24N4O3S. The van der Waals surface area contributed by atoms with Crippen LogP contribution in [0.3, 0.4) is 0 Å². The number of aromatic nitrogens is 2. The fourth-order valence-electron chi connectivity index (χ4n) is 3.43. The molecule has 0 aromatic carbocycles.